The van der Waals surface area contributed by atoms with E-state index in [1.165, 1.54) is 0 Å². The number of nitrogens with two attached hydrogens (primary N) is 1. The number of rotatable bonds is 0. The zero-order chi connectivity index (χ0) is 4.41. The molecule has 6 heavy (non-hydrogen) atoms. The van der Waals surface area contributed by atoms with Crippen molar-refractivity contribution in [3.8, 4) is 0 Å². The minimum atomic E-state index is 0.843. The van der Waals surface area contributed by atoms with E-state index >= 15 is 0 Å². The van der Waals surface area contributed by atoms with Gasteiger partial charge in [-0.2, -0.15) is 12.1 Å². The molecule has 0 atom stereocenters. The summed E-state index contributed by atoms with van der Waals surface area (Å²) in [5.74, 6) is 0. The molecule has 2 N–H and O–H groups in total. The molecule has 0 bridgehead atoms. The summed E-state index contributed by atoms with van der Waals surface area (Å²) >= 11 is 0. The lowest BCUT2D eigenvalue weighted by atomic mass is 10.6. The molecule has 0 aliphatic carbocycles. The van der Waals surface area contributed by atoms with E-state index in [2.05, 4.69) is 0 Å². The van der Waals surface area contributed by atoms with Crippen LogP contribution in [-0.4, -0.2) is 0 Å². The van der Waals surface area contributed by atoms with Crippen LogP contribution in [0.15, 0.2) is 24.3 Å². The summed E-state index contributed by atoms with van der Waals surface area (Å²) in [6, 6.07) is 7.55. The monoisotopic (exact) mass is 80.1 g/mol. The maximum atomic E-state index is 5.28. The van der Waals surface area contributed by atoms with Crippen LogP contribution in [0.4, 0.5) is 5.69 Å². The fraction of sp³-hybridized carbons (Fsp3) is 0. The molecule has 0 heterocycles. The van der Waals surface area contributed by atoms with E-state index in [0.29, 0.717) is 0 Å². The molecule has 0 saturated heterocycles. The second kappa shape index (κ2) is 1.09. The van der Waals surface area contributed by atoms with E-state index in [1.54, 1.807) is 0 Å². The molecule has 0 radical (unpaired) electrons. The molecule has 1 aromatic rings. The molecule has 1 heteroatoms. The first-order valence-electron chi connectivity index (χ1n) is 1.87. The van der Waals surface area contributed by atoms with Crippen LogP contribution in [0, 0.1) is 0 Å². The molecule has 0 unspecified atom stereocenters. The largest absolute Gasteiger partial charge is 0.420 e. The van der Waals surface area contributed by atoms with Crippen molar-refractivity contribution in [3.05, 3.63) is 24.3 Å². The average molecular weight is 80.1 g/mol. The van der Waals surface area contributed by atoms with E-state index in [-0.39, 0.29) is 0 Å². The number of anilines is 1. The van der Waals surface area contributed by atoms with Gasteiger partial charge in [-0.25, -0.2) is 6.07 Å². The van der Waals surface area contributed by atoms with Crippen molar-refractivity contribution in [1.29, 1.82) is 0 Å². The SMILES string of the molecule is Nc1ccc[cH-]1. The highest BCUT2D eigenvalue weighted by molar-refractivity contribution is 5.37. The van der Waals surface area contributed by atoms with Gasteiger partial charge in [-0.1, -0.05) is 5.69 Å². The molecule has 1 nitrogen and oxygen atoms in total. The highest BCUT2D eigenvalue weighted by Crippen LogP contribution is 1.97. The van der Waals surface area contributed by atoms with Gasteiger partial charge in [0.15, 0.2) is 0 Å². The molecule has 0 aliphatic heterocycles. The van der Waals surface area contributed by atoms with Crippen LogP contribution in [-0.2, 0) is 0 Å². The van der Waals surface area contributed by atoms with Crippen LogP contribution >= 0.6 is 0 Å². The van der Waals surface area contributed by atoms with Gasteiger partial charge < -0.3 is 5.73 Å². The van der Waals surface area contributed by atoms with Gasteiger partial charge in [-0.05, 0) is 0 Å². The lowest BCUT2D eigenvalue weighted by Crippen LogP contribution is -1.74. The summed E-state index contributed by atoms with van der Waals surface area (Å²) in [7, 11) is 0. The molecule has 0 saturated carbocycles. The lowest BCUT2D eigenvalue weighted by molar-refractivity contribution is 1.88. The first kappa shape index (κ1) is 3.34. The second-order valence-electron chi connectivity index (χ2n) is 1.22. The Morgan fingerprint density at radius 3 is 2.67 bits per heavy atom. The van der Waals surface area contributed by atoms with Crippen molar-refractivity contribution in [2.75, 3.05) is 5.73 Å². The third-order valence-electron chi connectivity index (χ3n) is 0.688. The van der Waals surface area contributed by atoms with Gasteiger partial charge in [0.1, 0.15) is 0 Å². The van der Waals surface area contributed by atoms with Crippen molar-refractivity contribution in [3.63, 3.8) is 0 Å². The molecule has 0 spiro atoms. The van der Waals surface area contributed by atoms with Gasteiger partial charge in [0, 0.05) is 0 Å². The molecule has 1 aromatic carbocycles. The van der Waals surface area contributed by atoms with E-state index in [0.717, 1.165) is 5.69 Å². The van der Waals surface area contributed by atoms with Crippen LogP contribution in [0.5, 0.6) is 0 Å². The maximum Gasteiger partial charge on any atom is -0.0909 e. The average Bonchev–Trinajstić information content (AvgIpc) is 1.86. The van der Waals surface area contributed by atoms with Crippen molar-refractivity contribution in [1.82, 2.24) is 0 Å². The third-order valence-corrected chi connectivity index (χ3v) is 0.688. The molecule has 0 aliphatic rings. The number of hydrogen-bond acceptors (Lipinski definition) is 1. The van der Waals surface area contributed by atoms with Gasteiger partial charge in [0.2, 0.25) is 0 Å². The molecule has 32 valence electrons. The van der Waals surface area contributed by atoms with E-state index in [4.69, 9.17) is 5.73 Å². The van der Waals surface area contributed by atoms with Crippen LogP contribution < -0.4 is 5.73 Å². The van der Waals surface area contributed by atoms with Crippen molar-refractivity contribution < 1.29 is 0 Å². The summed E-state index contributed by atoms with van der Waals surface area (Å²) in [6.45, 7) is 0. The minimum Gasteiger partial charge on any atom is -0.420 e. The quantitative estimate of drug-likeness (QED) is 0.462. The molecule has 0 fully saturated rings. The zero-order valence-electron chi connectivity index (χ0n) is 3.39. The second-order valence-corrected chi connectivity index (χ2v) is 1.22. The number of hydrogen-bond donors (Lipinski definition) is 1. The summed E-state index contributed by atoms with van der Waals surface area (Å²) in [4.78, 5) is 0. The standard InChI is InChI=1S/C5H6N/c6-5-3-1-2-4-5/h1-4H,6H2/q-1. The molecule has 0 amide bonds. The van der Waals surface area contributed by atoms with Gasteiger partial charge in [-0.3, -0.25) is 0 Å². The van der Waals surface area contributed by atoms with Crippen LogP contribution in [0.25, 0.3) is 0 Å². The Morgan fingerprint density at radius 1 is 1.67 bits per heavy atom. The predicted molar refractivity (Wildman–Crippen MR) is 26.4 cm³/mol. The number of nitrogen functional groups attached to an aromatic ring is 1. The fourth-order valence-electron chi connectivity index (χ4n) is 0.389. The Hall–Kier alpha value is -0.850. The summed E-state index contributed by atoms with van der Waals surface area (Å²) in [5, 5.41) is 0. The highest BCUT2D eigenvalue weighted by Gasteiger charge is 1.61. The molecule has 1 rings (SSSR count). The minimum absolute atomic E-state index is 0.843. The topological polar surface area (TPSA) is 26.0 Å². The van der Waals surface area contributed by atoms with Gasteiger partial charge in [0.05, 0.1) is 0 Å². The van der Waals surface area contributed by atoms with Crippen LogP contribution in [0.2, 0.25) is 0 Å². The predicted octanol–water partition coefficient (Wildman–Crippen LogP) is 0.988. The van der Waals surface area contributed by atoms with Crippen molar-refractivity contribution in [2.24, 2.45) is 0 Å². The Bertz CT molecular complexity index is 107. The maximum absolute atomic E-state index is 5.28. The van der Waals surface area contributed by atoms with Crippen LogP contribution in [0.3, 0.4) is 0 Å². The molecular weight excluding hydrogens is 74.1 g/mol. The van der Waals surface area contributed by atoms with E-state index in [9.17, 15) is 0 Å². The first-order valence-corrected chi connectivity index (χ1v) is 1.87. The normalized spacial score (nSPS) is 8.67. The van der Waals surface area contributed by atoms with E-state index < -0.39 is 0 Å². The van der Waals surface area contributed by atoms with Gasteiger partial charge >= 0.3 is 0 Å². The first-order chi connectivity index (χ1) is 2.89. The van der Waals surface area contributed by atoms with Gasteiger partial charge in [0.25, 0.3) is 0 Å². The Kier molecular flexibility index (Phi) is 0.607. The summed E-state index contributed by atoms with van der Waals surface area (Å²) in [5.41, 5.74) is 6.12. The van der Waals surface area contributed by atoms with Crippen LogP contribution in [0.1, 0.15) is 0 Å². The summed E-state index contributed by atoms with van der Waals surface area (Å²) in [6.07, 6.45) is 0. The van der Waals surface area contributed by atoms with E-state index in [1.807, 2.05) is 24.3 Å². The molecule has 0 aromatic heterocycles. The Balaban J connectivity index is 3.05. The smallest absolute Gasteiger partial charge is 0.0909 e. The summed E-state index contributed by atoms with van der Waals surface area (Å²) < 4.78 is 0. The van der Waals surface area contributed by atoms with Gasteiger partial charge in [-0.15, -0.1) is 6.07 Å². The Labute approximate surface area is 36.8 Å². The highest BCUT2D eigenvalue weighted by atomic mass is 14.5. The fourth-order valence-corrected chi connectivity index (χ4v) is 0.389. The zero-order valence-corrected chi connectivity index (χ0v) is 3.39. The lowest BCUT2D eigenvalue weighted by Gasteiger charge is -1.80. The van der Waals surface area contributed by atoms with Crippen molar-refractivity contribution >= 4 is 5.69 Å². The van der Waals surface area contributed by atoms with Crippen molar-refractivity contribution in [2.45, 2.75) is 0 Å². The Morgan fingerprint density at radius 2 is 2.50 bits per heavy atom. The third kappa shape index (κ3) is 0.385. The molecular formula is C5H6N-.